The molecule has 5 nitrogen and oxygen atoms in total. The minimum atomic E-state index is -0.267. The highest BCUT2D eigenvalue weighted by Gasteiger charge is 2.27. The van der Waals surface area contributed by atoms with Gasteiger partial charge in [0.25, 0.3) is 11.5 Å². The second-order valence-corrected chi connectivity index (χ2v) is 7.51. The molecule has 2 aromatic carbocycles. The first-order valence-electron chi connectivity index (χ1n) is 8.81. The predicted octanol–water partition coefficient (Wildman–Crippen LogP) is 3.90. The topological polar surface area (TPSA) is 55.2 Å². The molecule has 4 rings (SSSR count). The molecule has 0 N–H and O–H groups in total. The van der Waals surface area contributed by atoms with Gasteiger partial charge in [0.1, 0.15) is 5.69 Å². The Labute approximate surface area is 165 Å². The highest BCUT2D eigenvalue weighted by Crippen LogP contribution is 2.34. The molecule has 27 heavy (non-hydrogen) atoms. The van der Waals surface area contributed by atoms with Crippen LogP contribution in [-0.2, 0) is 6.42 Å². The van der Waals surface area contributed by atoms with E-state index in [2.05, 4.69) is 27.1 Å². The summed E-state index contributed by atoms with van der Waals surface area (Å²) in [5.41, 5.74) is 3.78. The number of para-hydroxylation sites is 1. The molecule has 1 aliphatic rings. The zero-order valence-corrected chi connectivity index (χ0v) is 16.4. The number of fused-ring (bicyclic) bond motifs is 1. The van der Waals surface area contributed by atoms with E-state index in [0.717, 1.165) is 34.1 Å². The molecule has 0 spiro atoms. The van der Waals surface area contributed by atoms with Crippen LogP contribution < -0.4 is 10.5 Å². The summed E-state index contributed by atoms with van der Waals surface area (Å²) in [6, 6.07) is 16.1. The fourth-order valence-electron chi connectivity index (χ4n) is 3.54. The highest BCUT2D eigenvalue weighted by atomic mass is 79.9. The fraction of sp³-hybridized carbons (Fsp3) is 0.190. The lowest BCUT2D eigenvalue weighted by molar-refractivity contribution is 0.0978. The van der Waals surface area contributed by atoms with Crippen LogP contribution in [0.25, 0.3) is 5.69 Å². The average Bonchev–Trinajstić information content (AvgIpc) is 2.68. The number of nitrogens with zero attached hydrogens (tertiary/aromatic N) is 3. The number of aromatic nitrogens is 2. The third-order valence-electron chi connectivity index (χ3n) is 4.71. The molecule has 6 heteroatoms. The Hall–Kier alpha value is -2.73. The molecule has 0 fully saturated rings. The Bertz CT molecular complexity index is 1080. The number of amides is 1. The second kappa shape index (κ2) is 7.12. The van der Waals surface area contributed by atoms with Gasteiger partial charge in [-0.05, 0) is 61.2 Å². The quantitative estimate of drug-likeness (QED) is 0.627. The van der Waals surface area contributed by atoms with Gasteiger partial charge in [0.05, 0.1) is 11.4 Å². The first-order valence-corrected chi connectivity index (χ1v) is 9.60. The third-order valence-corrected chi connectivity index (χ3v) is 5.17. The van der Waals surface area contributed by atoms with Gasteiger partial charge in [0.15, 0.2) is 0 Å². The number of aryl methyl sites for hydroxylation is 2. The summed E-state index contributed by atoms with van der Waals surface area (Å²) >= 11 is 3.53. The summed E-state index contributed by atoms with van der Waals surface area (Å²) in [5.74, 6) is -0.189. The summed E-state index contributed by atoms with van der Waals surface area (Å²) in [4.78, 5) is 27.2. The van der Waals surface area contributed by atoms with Crippen molar-refractivity contribution in [2.75, 3.05) is 11.4 Å². The van der Waals surface area contributed by atoms with E-state index in [1.807, 2.05) is 31.2 Å². The van der Waals surface area contributed by atoms with Crippen LogP contribution in [0.5, 0.6) is 0 Å². The standard InChI is InChI=1S/C21H18BrN3O2/c1-14-12-16(22)13-15-6-5-11-24(20(14)15)21(27)18-9-10-19(26)25(23-18)17-7-3-2-4-8-17/h2-4,7-10,12-13H,5-6,11H2,1H3. The molecule has 1 aliphatic heterocycles. The SMILES string of the molecule is Cc1cc(Br)cc2c1N(C(=O)c1ccc(=O)n(-c3ccccc3)n1)CCC2. The van der Waals surface area contributed by atoms with Gasteiger partial charge in [-0.25, -0.2) is 0 Å². The molecule has 3 aromatic rings. The van der Waals surface area contributed by atoms with Crippen molar-refractivity contribution in [3.05, 3.63) is 86.2 Å². The first kappa shape index (κ1) is 17.7. The molecule has 136 valence electrons. The number of anilines is 1. The van der Waals surface area contributed by atoms with Crippen LogP contribution in [0.1, 0.15) is 28.0 Å². The number of rotatable bonds is 2. The van der Waals surface area contributed by atoms with Gasteiger partial charge in [0, 0.05) is 17.1 Å². The van der Waals surface area contributed by atoms with Crippen LogP contribution in [0.4, 0.5) is 5.69 Å². The molecule has 0 saturated carbocycles. The van der Waals surface area contributed by atoms with Gasteiger partial charge in [0.2, 0.25) is 0 Å². The van der Waals surface area contributed by atoms with Gasteiger partial charge in [-0.2, -0.15) is 9.78 Å². The Morgan fingerprint density at radius 2 is 1.89 bits per heavy atom. The molecular formula is C21H18BrN3O2. The van der Waals surface area contributed by atoms with Crippen LogP contribution in [-0.4, -0.2) is 22.2 Å². The van der Waals surface area contributed by atoms with Gasteiger partial charge in [-0.15, -0.1) is 0 Å². The van der Waals surface area contributed by atoms with Crippen molar-refractivity contribution in [1.29, 1.82) is 0 Å². The zero-order chi connectivity index (χ0) is 19.0. The summed E-state index contributed by atoms with van der Waals surface area (Å²) in [5, 5.41) is 4.34. The van der Waals surface area contributed by atoms with E-state index >= 15 is 0 Å². The summed E-state index contributed by atoms with van der Waals surface area (Å²) < 4.78 is 2.29. The lowest BCUT2D eigenvalue weighted by Crippen LogP contribution is -2.37. The summed E-state index contributed by atoms with van der Waals surface area (Å²) in [7, 11) is 0. The van der Waals surface area contributed by atoms with Crippen molar-refractivity contribution in [2.24, 2.45) is 0 Å². The lowest BCUT2D eigenvalue weighted by atomic mass is 9.98. The highest BCUT2D eigenvalue weighted by molar-refractivity contribution is 9.10. The Morgan fingerprint density at radius 3 is 2.67 bits per heavy atom. The number of halogens is 1. The zero-order valence-electron chi connectivity index (χ0n) is 14.9. The number of hydrogen-bond acceptors (Lipinski definition) is 3. The molecule has 1 aromatic heterocycles. The van der Waals surface area contributed by atoms with Crippen molar-refractivity contribution >= 4 is 27.5 Å². The minimum absolute atomic E-state index is 0.189. The number of benzene rings is 2. The molecule has 0 unspecified atom stereocenters. The van der Waals surface area contributed by atoms with Gasteiger partial charge >= 0.3 is 0 Å². The molecular weight excluding hydrogens is 406 g/mol. The molecule has 0 aliphatic carbocycles. The number of carbonyl (C=O) groups excluding carboxylic acids is 1. The van der Waals surface area contributed by atoms with E-state index in [0.29, 0.717) is 12.2 Å². The lowest BCUT2D eigenvalue weighted by Gasteiger charge is -2.31. The maximum Gasteiger partial charge on any atom is 0.278 e. The minimum Gasteiger partial charge on any atom is -0.306 e. The fourth-order valence-corrected chi connectivity index (χ4v) is 4.16. The van der Waals surface area contributed by atoms with Crippen LogP contribution in [0, 0.1) is 6.92 Å². The normalized spacial score (nSPS) is 13.3. The monoisotopic (exact) mass is 423 g/mol. The summed E-state index contributed by atoms with van der Waals surface area (Å²) in [6.07, 6.45) is 1.84. The Kier molecular flexibility index (Phi) is 4.66. The molecule has 0 bridgehead atoms. The molecule has 0 radical (unpaired) electrons. The van der Waals surface area contributed by atoms with E-state index in [9.17, 15) is 9.59 Å². The van der Waals surface area contributed by atoms with E-state index in [-0.39, 0.29) is 17.2 Å². The van der Waals surface area contributed by atoms with Gasteiger partial charge in [-0.1, -0.05) is 34.1 Å². The van der Waals surface area contributed by atoms with E-state index in [4.69, 9.17) is 0 Å². The predicted molar refractivity (Wildman–Crippen MR) is 109 cm³/mol. The van der Waals surface area contributed by atoms with Crippen LogP contribution in [0.2, 0.25) is 0 Å². The molecule has 2 heterocycles. The smallest absolute Gasteiger partial charge is 0.278 e. The Morgan fingerprint density at radius 1 is 1.11 bits per heavy atom. The summed E-state index contributed by atoms with van der Waals surface area (Å²) in [6.45, 7) is 2.65. The average molecular weight is 424 g/mol. The molecule has 1 amide bonds. The van der Waals surface area contributed by atoms with Crippen molar-refractivity contribution in [1.82, 2.24) is 9.78 Å². The Balaban J connectivity index is 1.77. The van der Waals surface area contributed by atoms with Crippen molar-refractivity contribution in [3.63, 3.8) is 0 Å². The number of carbonyl (C=O) groups is 1. The van der Waals surface area contributed by atoms with E-state index < -0.39 is 0 Å². The maximum absolute atomic E-state index is 13.2. The van der Waals surface area contributed by atoms with Crippen molar-refractivity contribution in [2.45, 2.75) is 19.8 Å². The van der Waals surface area contributed by atoms with E-state index in [1.54, 1.807) is 17.0 Å². The van der Waals surface area contributed by atoms with Gasteiger partial charge < -0.3 is 4.90 Å². The molecule has 0 atom stereocenters. The van der Waals surface area contributed by atoms with Crippen LogP contribution >= 0.6 is 15.9 Å². The first-order chi connectivity index (χ1) is 13.0. The largest absolute Gasteiger partial charge is 0.306 e. The van der Waals surface area contributed by atoms with E-state index in [1.165, 1.54) is 16.8 Å². The maximum atomic E-state index is 13.2. The second-order valence-electron chi connectivity index (χ2n) is 6.59. The number of hydrogen-bond donors (Lipinski definition) is 0. The van der Waals surface area contributed by atoms with Gasteiger partial charge in [-0.3, -0.25) is 9.59 Å². The molecule has 0 saturated heterocycles. The van der Waals surface area contributed by atoms with Crippen LogP contribution in [0.3, 0.4) is 0 Å². The van der Waals surface area contributed by atoms with Crippen LogP contribution in [0.15, 0.2) is 63.9 Å². The van der Waals surface area contributed by atoms with Crippen molar-refractivity contribution in [3.8, 4) is 5.69 Å². The van der Waals surface area contributed by atoms with Crippen molar-refractivity contribution < 1.29 is 4.79 Å². The third kappa shape index (κ3) is 3.32.